The van der Waals surface area contributed by atoms with Gasteiger partial charge in [0.05, 0.1) is 13.2 Å². The van der Waals surface area contributed by atoms with Crippen molar-refractivity contribution in [2.75, 3.05) is 19.8 Å². The fourth-order valence-corrected chi connectivity index (χ4v) is 2.24. The molecule has 6 heteroatoms. The lowest BCUT2D eigenvalue weighted by Gasteiger charge is -2.22. The highest BCUT2D eigenvalue weighted by molar-refractivity contribution is 4.80. The molecule has 1 saturated heterocycles. The van der Waals surface area contributed by atoms with Crippen LogP contribution in [0.15, 0.2) is 11.1 Å². The summed E-state index contributed by atoms with van der Waals surface area (Å²) in [5.41, 5.74) is -0.0631. The van der Waals surface area contributed by atoms with Crippen LogP contribution in [0.2, 0.25) is 0 Å². The molecule has 0 bridgehead atoms. The molecule has 0 aromatic carbocycles. The van der Waals surface area contributed by atoms with Crippen molar-refractivity contribution in [2.24, 2.45) is 13.0 Å². The van der Waals surface area contributed by atoms with Gasteiger partial charge in [0.15, 0.2) is 0 Å². The molecule has 1 aromatic heterocycles. The van der Waals surface area contributed by atoms with Crippen molar-refractivity contribution in [2.45, 2.75) is 25.9 Å². The third-order valence-corrected chi connectivity index (χ3v) is 3.26. The summed E-state index contributed by atoms with van der Waals surface area (Å²) < 4.78 is 8.42. The molecule has 0 aliphatic carbocycles. The van der Waals surface area contributed by atoms with E-state index >= 15 is 0 Å². The lowest BCUT2D eigenvalue weighted by molar-refractivity contribution is 0.173. The molecule has 2 rings (SSSR count). The first-order valence-corrected chi connectivity index (χ1v) is 6.12. The van der Waals surface area contributed by atoms with Crippen LogP contribution in [0.25, 0.3) is 0 Å². The highest BCUT2D eigenvalue weighted by Crippen LogP contribution is 2.17. The second kappa shape index (κ2) is 5.46. The molecule has 1 N–H and O–H groups in total. The standard InChI is InChI=1S/C11H20N4O2/c1-3-12-10(9-4-5-17-7-9)6-15-11(16)14(2)8-13-15/h8-10,12H,3-7H2,1-2H3. The second-order valence-electron chi connectivity index (χ2n) is 4.49. The second-order valence-corrected chi connectivity index (χ2v) is 4.49. The first-order chi connectivity index (χ1) is 8.22. The van der Waals surface area contributed by atoms with E-state index in [2.05, 4.69) is 17.3 Å². The van der Waals surface area contributed by atoms with Crippen LogP contribution in [-0.2, 0) is 18.3 Å². The van der Waals surface area contributed by atoms with Gasteiger partial charge in [-0.25, -0.2) is 9.48 Å². The van der Waals surface area contributed by atoms with E-state index in [1.807, 2.05) is 0 Å². The van der Waals surface area contributed by atoms with Crippen LogP contribution in [-0.4, -0.2) is 40.1 Å². The van der Waals surface area contributed by atoms with E-state index in [0.717, 1.165) is 26.2 Å². The molecule has 2 atom stereocenters. The normalized spacial score (nSPS) is 21.9. The fourth-order valence-electron chi connectivity index (χ4n) is 2.24. The Morgan fingerprint density at radius 1 is 1.71 bits per heavy atom. The Morgan fingerprint density at radius 3 is 3.06 bits per heavy atom. The number of hydrogen-bond donors (Lipinski definition) is 1. The molecule has 0 radical (unpaired) electrons. The van der Waals surface area contributed by atoms with Crippen LogP contribution in [0.3, 0.4) is 0 Å². The Balaban J connectivity index is 2.06. The molecule has 1 fully saturated rings. The van der Waals surface area contributed by atoms with Gasteiger partial charge in [0, 0.05) is 25.6 Å². The smallest absolute Gasteiger partial charge is 0.345 e. The van der Waals surface area contributed by atoms with Crippen molar-refractivity contribution < 1.29 is 4.74 Å². The van der Waals surface area contributed by atoms with Gasteiger partial charge in [-0.2, -0.15) is 5.10 Å². The minimum Gasteiger partial charge on any atom is -0.381 e. The van der Waals surface area contributed by atoms with Gasteiger partial charge in [0.2, 0.25) is 0 Å². The van der Waals surface area contributed by atoms with Gasteiger partial charge in [-0.3, -0.25) is 4.57 Å². The van der Waals surface area contributed by atoms with Gasteiger partial charge in [0.25, 0.3) is 0 Å². The molecular weight excluding hydrogens is 220 g/mol. The number of likely N-dealkylation sites (N-methyl/N-ethyl adjacent to an activating group) is 1. The number of rotatable bonds is 5. The molecular formula is C11H20N4O2. The van der Waals surface area contributed by atoms with Crippen molar-refractivity contribution in [1.82, 2.24) is 19.7 Å². The maximum absolute atomic E-state index is 11.7. The van der Waals surface area contributed by atoms with E-state index in [0.29, 0.717) is 12.5 Å². The number of aryl methyl sites for hydroxylation is 1. The molecule has 96 valence electrons. The zero-order valence-corrected chi connectivity index (χ0v) is 10.4. The number of nitrogens with zero attached hydrogens (tertiary/aromatic N) is 3. The molecule has 0 amide bonds. The maximum Gasteiger partial charge on any atom is 0.345 e. The average molecular weight is 240 g/mol. The molecule has 1 aliphatic rings. The monoisotopic (exact) mass is 240 g/mol. The molecule has 1 aliphatic heterocycles. The summed E-state index contributed by atoms with van der Waals surface area (Å²) in [4.78, 5) is 11.7. The molecule has 0 spiro atoms. The molecule has 0 saturated carbocycles. The van der Waals surface area contributed by atoms with Crippen molar-refractivity contribution in [1.29, 1.82) is 0 Å². The Morgan fingerprint density at radius 2 is 2.53 bits per heavy atom. The molecule has 2 heterocycles. The van der Waals surface area contributed by atoms with Crippen LogP contribution in [0.1, 0.15) is 13.3 Å². The van der Waals surface area contributed by atoms with Gasteiger partial charge >= 0.3 is 5.69 Å². The first-order valence-electron chi connectivity index (χ1n) is 6.12. The predicted molar refractivity (Wildman–Crippen MR) is 63.9 cm³/mol. The predicted octanol–water partition coefficient (Wildman–Crippen LogP) is -0.404. The Labute approximate surface area is 101 Å². The average Bonchev–Trinajstić information content (AvgIpc) is 2.93. The highest BCUT2D eigenvalue weighted by Gasteiger charge is 2.26. The van der Waals surface area contributed by atoms with Gasteiger partial charge in [-0.1, -0.05) is 6.92 Å². The summed E-state index contributed by atoms with van der Waals surface area (Å²) in [6.07, 6.45) is 2.61. The van der Waals surface area contributed by atoms with Gasteiger partial charge in [0.1, 0.15) is 6.33 Å². The number of hydrogen-bond acceptors (Lipinski definition) is 4. The SMILES string of the molecule is CCNC(Cn1ncn(C)c1=O)C1CCOC1. The quantitative estimate of drug-likeness (QED) is 0.760. The summed E-state index contributed by atoms with van der Waals surface area (Å²) in [6, 6.07) is 0.259. The summed E-state index contributed by atoms with van der Waals surface area (Å²) in [5.74, 6) is 0.476. The van der Waals surface area contributed by atoms with Crippen LogP contribution < -0.4 is 11.0 Å². The minimum absolute atomic E-state index is 0.0631. The summed E-state index contributed by atoms with van der Waals surface area (Å²) in [7, 11) is 1.72. The maximum atomic E-state index is 11.7. The highest BCUT2D eigenvalue weighted by atomic mass is 16.5. The molecule has 6 nitrogen and oxygen atoms in total. The van der Waals surface area contributed by atoms with Gasteiger partial charge in [-0.15, -0.1) is 0 Å². The topological polar surface area (TPSA) is 61.1 Å². The third-order valence-electron chi connectivity index (χ3n) is 3.26. The van der Waals surface area contributed by atoms with E-state index in [9.17, 15) is 4.79 Å². The van der Waals surface area contributed by atoms with E-state index in [-0.39, 0.29) is 11.7 Å². The van der Waals surface area contributed by atoms with Crippen molar-refractivity contribution >= 4 is 0 Å². The zero-order chi connectivity index (χ0) is 12.3. The summed E-state index contributed by atoms with van der Waals surface area (Å²) in [5, 5.41) is 7.52. The van der Waals surface area contributed by atoms with Crippen LogP contribution in [0, 0.1) is 5.92 Å². The lowest BCUT2D eigenvalue weighted by atomic mass is 9.99. The Kier molecular flexibility index (Phi) is 3.96. The van der Waals surface area contributed by atoms with Crippen molar-refractivity contribution in [3.63, 3.8) is 0 Å². The first kappa shape index (κ1) is 12.3. The van der Waals surface area contributed by atoms with Gasteiger partial charge < -0.3 is 10.1 Å². The number of ether oxygens (including phenoxy) is 1. The Hall–Kier alpha value is -1.14. The van der Waals surface area contributed by atoms with Crippen LogP contribution in [0.4, 0.5) is 0 Å². The van der Waals surface area contributed by atoms with E-state index in [4.69, 9.17) is 4.74 Å². The summed E-state index contributed by atoms with van der Waals surface area (Å²) >= 11 is 0. The van der Waals surface area contributed by atoms with Gasteiger partial charge in [-0.05, 0) is 13.0 Å². The van der Waals surface area contributed by atoms with E-state index < -0.39 is 0 Å². The zero-order valence-electron chi connectivity index (χ0n) is 10.4. The number of aromatic nitrogens is 3. The fraction of sp³-hybridized carbons (Fsp3) is 0.818. The molecule has 2 unspecified atom stereocenters. The Bertz CT molecular complexity index is 406. The van der Waals surface area contributed by atoms with E-state index in [1.54, 1.807) is 13.4 Å². The summed E-state index contributed by atoms with van der Waals surface area (Å²) in [6.45, 7) is 5.18. The third kappa shape index (κ3) is 2.76. The largest absolute Gasteiger partial charge is 0.381 e. The number of nitrogens with one attached hydrogen (secondary N) is 1. The van der Waals surface area contributed by atoms with Crippen molar-refractivity contribution in [3.8, 4) is 0 Å². The van der Waals surface area contributed by atoms with Crippen molar-refractivity contribution in [3.05, 3.63) is 16.8 Å². The minimum atomic E-state index is -0.0631. The van der Waals surface area contributed by atoms with Crippen LogP contribution >= 0.6 is 0 Å². The van der Waals surface area contributed by atoms with Crippen LogP contribution in [0.5, 0.6) is 0 Å². The molecule has 1 aromatic rings. The van der Waals surface area contributed by atoms with E-state index in [1.165, 1.54) is 9.25 Å². The molecule has 17 heavy (non-hydrogen) atoms. The lowest BCUT2D eigenvalue weighted by Crippen LogP contribution is -2.42.